The predicted octanol–water partition coefficient (Wildman–Crippen LogP) is 1.65. The molecule has 20 heavy (non-hydrogen) atoms. The Morgan fingerprint density at radius 3 is 2.65 bits per heavy atom. The maximum absolute atomic E-state index is 12.0. The minimum Gasteiger partial charge on any atom is -0.375 e. The summed E-state index contributed by atoms with van der Waals surface area (Å²) in [5.74, 6) is 0.0458. The topological polar surface area (TPSA) is 71.2 Å². The molecule has 1 amide bonds. The number of nitrogen functional groups attached to an aromatic ring is 1. The highest BCUT2D eigenvalue weighted by molar-refractivity contribution is 7.13. The fourth-order valence-electron chi connectivity index (χ4n) is 2.54. The van der Waals surface area contributed by atoms with Gasteiger partial charge in [-0.05, 0) is 33.6 Å². The van der Waals surface area contributed by atoms with E-state index < -0.39 is 0 Å². The number of aromatic nitrogens is 1. The quantitative estimate of drug-likeness (QED) is 0.889. The van der Waals surface area contributed by atoms with Crippen LogP contribution in [0.15, 0.2) is 5.38 Å². The molecule has 0 atom stereocenters. The Bertz CT molecular complexity index is 458. The number of rotatable bonds is 3. The molecule has 1 saturated heterocycles. The van der Waals surface area contributed by atoms with E-state index in [1.54, 1.807) is 0 Å². The van der Waals surface area contributed by atoms with Gasteiger partial charge in [0.2, 0.25) is 5.91 Å². The van der Waals surface area contributed by atoms with E-state index >= 15 is 0 Å². The third-order valence-corrected chi connectivity index (χ3v) is 4.44. The number of thiazole rings is 1. The average Bonchev–Trinajstić information content (AvgIpc) is 2.74. The number of anilines is 1. The first-order valence-electron chi connectivity index (χ1n) is 7.09. The van der Waals surface area contributed by atoms with Gasteiger partial charge in [-0.15, -0.1) is 11.3 Å². The van der Waals surface area contributed by atoms with Gasteiger partial charge in [0.25, 0.3) is 0 Å². The molecule has 2 rings (SSSR count). The molecule has 5 nitrogen and oxygen atoms in total. The molecule has 2 heterocycles. The van der Waals surface area contributed by atoms with Crippen LogP contribution in [-0.2, 0) is 11.2 Å². The number of carbonyl (C=O) groups excluding carboxylic acids is 1. The highest BCUT2D eigenvalue weighted by Gasteiger charge is 2.27. The van der Waals surface area contributed by atoms with Crippen LogP contribution in [-0.4, -0.2) is 40.5 Å². The Labute approximate surface area is 124 Å². The number of nitrogens with two attached hydrogens (primary N) is 1. The number of likely N-dealkylation sites (tertiary alicyclic amines) is 1. The number of carbonyl (C=O) groups is 1. The van der Waals surface area contributed by atoms with Crippen molar-refractivity contribution in [2.75, 3.05) is 18.8 Å². The molecular weight excluding hydrogens is 272 g/mol. The zero-order chi connectivity index (χ0) is 14.8. The summed E-state index contributed by atoms with van der Waals surface area (Å²) in [7, 11) is 0. The second kappa shape index (κ2) is 6.10. The number of nitrogens with zero attached hydrogens (tertiary/aromatic N) is 2. The molecule has 0 aromatic carbocycles. The Hall–Kier alpha value is -1.14. The van der Waals surface area contributed by atoms with Gasteiger partial charge in [-0.1, -0.05) is 0 Å². The van der Waals surface area contributed by atoms with Crippen LogP contribution in [0.25, 0.3) is 0 Å². The molecule has 0 spiro atoms. The van der Waals surface area contributed by atoms with Crippen LogP contribution in [0, 0.1) is 0 Å². The largest absolute Gasteiger partial charge is 0.375 e. The molecule has 0 unspecified atom stereocenters. The van der Waals surface area contributed by atoms with Gasteiger partial charge in [-0.2, -0.15) is 0 Å². The fraction of sp³-hybridized carbons (Fsp3) is 0.714. The van der Waals surface area contributed by atoms with Crippen molar-refractivity contribution in [2.45, 2.75) is 51.6 Å². The third kappa shape index (κ3) is 4.18. The summed E-state index contributed by atoms with van der Waals surface area (Å²) in [5, 5.41) is 5.47. The van der Waals surface area contributed by atoms with Crippen molar-refractivity contribution >= 4 is 22.4 Å². The van der Waals surface area contributed by atoms with E-state index in [-0.39, 0.29) is 17.5 Å². The lowest BCUT2D eigenvalue weighted by molar-refractivity contribution is -0.121. The first kappa shape index (κ1) is 15.3. The summed E-state index contributed by atoms with van der Waals surface area (Å²) < 4.78 is 0. The fourth-order valence-corrected chi connectivity index (χ4v) is 3.10. The van der Waals surface area contributed by atoms with Crippen LogP contribution in [0.3, 0.4) is 0 Å². The monoisotopic (exact) mass is 296 g/mol. The molecule has 0 aliphatic carbocycles. The van der Waals surface area contributed by atoms with E-state index in [1.165, 1.54) is 11.3 Å². The van der Waals surface area contributed by atoms with Crippen molar-refractivity contribution in [3.8, 4) is 0 Å². The van der Waals surface area contributed by atoms with Gasteiger partial charge < -0.3 is 11.1 Å². The van der Waals surface area contributed by atoms with Crippen molar-refractivity contribution in [3.63, 3.8) is 0 Å². The highest BCUT2D eigenvalue weighted by atomic mass is 32.1. The van der Waals surface area contributed by atoms with E-state index in [4.69, 9.17) is 5.73 Å². The summed E-state index contributed by atoms with van der Waals surface area (Å²) in [6.07, 6.45) is 2.36. The van der Waals surface area contributed by atoms with E-state index in [2.05, 4.69) is 36.0 Å². The van der Waals surface area contributed by atoms with Crippen molar-refractivity contribution in [3.05, 3.63) is 11.1 Å². The lowest BCUT2D eigenvalue weighted by atomic mass is 9.98. The molecule has 6 heteroatoms. The molecule has 1 aromatic rings. The van der Waals surface area contributed by atoms with Crippen LogP contribution in [0.1, 0.15) is 39.3 Å². The van der Waals surface area contributed by atoms with Crippen LogP contribution < -0.4 is 11.1 Å². The number of hydrogen-bond acceptors (Lipinski definition) is 5. The highest BCUT2D eigenvalue weighted by Crippen LogP contribution is 2.20. The molecule has 1 aliphatic heterocycles. The van der Waals surface area contributed by atoms with Crippen LogP contribution in [0.5, 0.6) is 0 Å². The molecule has 112 valence electrons. The second-order valence-electron chi connectivity index (χ2n) is 6.35. The predicted molar refractivity (Wildman–Crippen MR) is 82.7 cm³/mol. The number of amides is 1. The number of hydrogen-bond donors (Lipinski definition) is 2. The van der Waals surface area contributed by atoms with Gasteiger partial charge in [0.15, 0.2) is 5.13 Å². The summed E-state index contributed by atoms with van der Waals surface area (Å²) >= 11 is 1.38. The van der Waals surface area contributed by atoms with Crippen LogP contribution in [0.2, 0.25) is 0 Å². The van der Waals surface area contributed by atoms with Crippen molar-refractivity contribution < 1.29 is 4.79 Å². The number of nitrogens with one attached hydrogen (secondary N) is 1. The maximum Gasteiger partial charge on any atom is 0.226 e. The van der Waals surface area contributed by atoms with Crippen molar-refractivity contribution in [2.24, 2.45) is 0 Å². The molecule has 1 aliphatic rings. The molecule has 0 radical (unpaired) electrons. The van der Waals surface area contributed by atoms with Crippen molar-refractivity contribution in [1.82, 2.24) is 15.2 Å². The lowest BCUT2D eigenvalue weighted by Gasteiger charge is -2.41. The first-order valence-corrected chi connectivity index (χ1v) is 7.97. The number of piperidine rings is 1. The Kier molecular flexibility index (Phi) is 4.65. The van der Waals surface area contributed by atoms with Crippen LogP contribution in [0.4, 0.5) is 5.13 Å². The zero-order valence-corrected chi connectivity index (χ0v) is 13.3. The molecule has 1 fully saturated rings. The van der Waals surface area contributed by atoms with E-state index in [9.17, 15) is 4.79 Å². The smallest absolute Gasteiger partial charge is 0.226 e. The third-order valence-electron chi connectivity index (χ3n) is 3.72. The molecule has 3 N–H and O–H groups in total. The lowest BCUT2D eigenvalue weighted by Crippen LogP contribution is -2.51. The standard InChI is InChI=1S/C14H24N4OS/c1-14(2,3)18-6-4-10(5-7-18)16-12(19)8-11-9-20-13(15)17-11/h9-10H,4-8H2,1-3H3,(H2,15,17)(H,16,19). The van der Waals surface area contributed by atoms with Gasteiger partial charge in [0, 0.05) is 30.1 Å². The van der Waals surface area contributed by atoms with Gasteiger partial charge in [-0.25, -0.2) is 4.98 Å². The van der Waals surface area contributed by atoms with Gasteiger partial charge in [-0.3, -0.25) is 9.69 Å². The minimum absolute atomic E-state index is 0.0458. The van der Waals surface area contributed by atoms with E-state index in [0.29, 0.717) is 11.6 Å². The maximum atomic E-state index is 12.0. The summed E-state index contributed by atoms with van der Waals surface area (Å²) in [5.41, 5.74) is 6.54. The Balaban J connectivity index is 1.76. The molecular formula is C14H24N4OS. The normalized spacial score (nSPS) is 18.1. The van der Waals surface area contributed by atoms with E-state index in [1.807, 2.05) is 5.38 Å². The molecule has 0 bridgehead atoms. The summed E-state index contributed by atoms with van der Waals surface area (Å²) in [4.78, 5) is 18.6. The summed E-state index contributed by atoms with van der Waals surface area (Å²) in [6, 6.07) is 0.289. The van der Waals surface area contributed by atoms with E-state index in [0.717, 1.165) is 31.6 Å². The second-order valence-corrected chi connectivity index (χ2v) is 7.24. The molecule has 0 saturated carbocycles. The minimum atomic E-state index is 0.0458. The summed E-state index contributed by atoms with van der Waals surface area (Å²) in [6.45, 7) is 8.78. The Morgan fingerprint density at radius 2 is 2.15 bits per heavy atom. The van der Waals surface area contributed by atoms with Crippen LogP contribution >= 0.6 is 11.3 Å². The zero-order valence-electron chi connectivity index (χ0n) is 12.5. The Morgan fingerprint density at radius 1 is 1.50 bits per heavy atom. The van der Waals surface area contributed by atoms with Gasteiger partial charge >= 0.3 is 0 Å². The van der Waals surface area contributed by atoms with Gasteiger partial charge in [0.1, 0.15) is 0 Å². The van der Waals surface area contributed by atoms with Crippen molar-refractivity contribution in [1.29, 1.82) is 0 Å². The average molecular weight is 296 g/mol. The van der Waals surface area contributed by atoms with Gasteiger partial charge in [0.05, 0.1) is 12.1 Å². The SMILES string of the molecule is CC(C)(C)N1CCC(NC(=O)Cc2csc(N)n2)CC1. The molecule has 1 aromatic heterocycles. The first-order chi connectivity index (χ1) is 9.34.